The molecule has 0 aromatic heterocycles. The van der Waals surface area contributed by atoms with Crippen LogP contribution in [0.3, 0.4) is 0 Å². The summed E-state index contributed by atoms with van der Waals surface area (Å²) in [5.74, 6) is 0.0642. The highest BCUT2D eigenvalue weighted by Crippen LogP contribution is 2.44. The van der Waals surface area contributed by atoms with E-state index < -0.39 is 7.82 Å². The zero-order valence-electron chi connectivity index (χ0n) is 21.1. The lowest BCUT2D eigenvalue weighted by Crippen LogP contribution is -2.37. The molecule has 0 aliphatic heterocycles. The first-order valence-electron chi connectivity index (χ1n) is 12.5. The Balaban J connectivity index is 3.93. The van der Waals surface area contributed by atoms with Crippen molar-refractivity contribution in [3.05, 3.63) is 0 Å². The molecule has 31 heavy (non-hydrogen) atoms. The molecule has 0 saturated heterocycles. The molecule has 0 bridgehead atoms. The number of rotatable bonds is 22. The maximum absolute atomic E-state index is 12.1. The van der Waals surface area contributed by atoms with Crippen molar-refractivity contribution in [3.63, 3.8) is 0 Å². The summed E-state index contributed by atoms with van der Waals surface area (Å²) in [6.07, 6.45) is 16.7. The van der Waals surface area contributed by atoms with Crippen LogP contribution in [0.4, 0.5) is 0 Å². The van der Waals surface area contributed by atoms with Crippen molar-refractivity contribution in [1.82, 2.24) is 0 Å². The number of nitrogens with zero attached hydrogens (tertiary/aromatic N) is 1. The lowest BCUT2D eigenvalue weighted by Gasteiger charge is -2.24. The van der Waals surface area contributed by atoms with Crippen LogP contribution in [0.5, 0.6) is 0 Å². The lowest BCUT2D eigenvalue weighted by molar-refractivity contribution is -0.870. The zero-order valence-corrected chi connectivity index (χ0v) is 22.0. The molecule has 2 atom stereocenters. The molecule has 0 rings (SSSR count). The molecule has 6 nitrogen and oxygen atoms in total. The normalized spacial score (nSPS) is 15.0. The second-order valence-corrected chi connectivity index (χ2v) is 11.5. The van der Waals surface area contributed by atoms with Gasteiger partial charge < -0.3 is 14.2 Å². The van der Waals surface area contributed by atoms with Crippen LogP contribution in [0.15, 0.2) is 0 Å². The van der Waals surface area contributed by atoms with Crippen molar-refractivity contribution in [2.45, 2.75) is 104 Å². The molecular weight excluding hydrogens is 413 g/mol. The number of quaternary nitrogens is 1. The van der Waals surface area contributed by atoms with Crippen molar-refractivity contribution in [3.8, 4) is 0 Å². The van der Waals surface area contributed by atoms with Crippen LogP contribution in [-0.4, -0.2) is 56.1 Å². The van der Waals surface area contributed by atoms with E-state index in [9.17, 15) is 14.3 Å². The number of hydrogen-bond acceptors (Lipinski definition) is 4. The third kappa shape index (κ3) is 22.7. The fraction of sp³-hybridized carbons (Fsp3) is 0.958. The Morgan fingerprint density at radius 2 is 1.35 bits per heavy atom. The Labute approximate surface area is 192 Å². The third-order valence-corrected chi connectivity index (χ3v) is 6.52. The molecule has 0 radical (unpaired) electrons. The summed E-state index contributed by atoms with van der Waals surface area (Å²) >= 11 is 0. The van der Waals surface area contributed by atoms with Crippen molar-refractivity contribution in [2.75, 3.05) is 40.9 Å². The number of phosphoric acid groups is 1. The largest absolute Gasteiger partial charge is 0.472 e. The van der Waals surface area contributed by atoms with Crippen LogP contribution in [0.2, 0.25) is 0 Å². The van der Waals surface area contributed by atoms with Crippen molar-refractivity contribution >= 4 is 13.6 Å². The number of ketones is 1. The zero-order chi connectivity index (χ0) is 23.6. The fourth-order valence-corrected chi connectivity index (χ4v) is 4.38. The molecule has 2 unspecified atom stereocenters. The Kier molecular flexibility index (Phi) is 18.0. The molecule has 0 spiro atoms. The number of unbranched alkanes of at least 4 members (excludes halogenated alkanes) is 11. The minimum absolute atomic E-state index is 0.0249. The van der Waals surface area contributed by atoms with E-state index in [1.165, 1.54) is 64.2 Å². The number of phosphoric ester groups is 1. The molecule has 0 amide bonds. The quantitative estimate of drug-likeness (QED) is 0.112. The molecule has 0 heterocycles. The summed E-state index contributed by atoms with van der Waals surface area (Å²) in [5.41, 5.74) is 0. The summed E-state index contributed by atoms with van der Waals surface area (Å²) in [6, 6.07) is 0. The van der Waals surface area contributed by atoms with E-state index in [0.717, 1.165) is 19.3 Å². The van der Waals surface area contributed by atoms with Gasteiger partial charge in [-0.05, 0) is 19.3 Å². The van der Waals surface area contributed by atoms with E-state index in [1.54, 1.807) is 6.92 Å². The van der Waals surface area contributed by atoms with Gasteiger partial charge in [0.1, 0.15) is 18.9 Å². The summed E-state index contributed by atoms with van der Waals surface area (Å²) in [5, 5.41) is 0. The lowest BCUT2D eigenvalue weighted by atomic mass is 9.96. The van der Waals surface area contributed by atoms with Crippen molar-refractivity contribution in [1.29, 1.82) is 0 Å². The van der Waals surface area contributed by atoms with Gasteiger partial charge in [0.2, 0.25) is 0 Å². The second-order valence-electron chi connectivity index (χ2n) is 10.1. The number of Topliss-reactive ketones (excluding diaryl/α,β-unsaturated/α-hetero) is 1. The molecule has 0 saturated carbocycles. The predicted octanol–water partition coefficient (Wildman–Crippen LogP) is 6.51. The van der Waals surface area contributed by atoms with Gasteiger partial charge in [0.15, 0.2) is 0 Å². The molecule has 186 valence electrons. The summed E-state index contributed by atoms with van der Waals surface area (Å²) < 4.78 is 23.0. The van der Waals surface area contributed by atoms with Crippen LogP contribution < -0.4 is 0 Å². The van der Waals surface area contributed by atoms with E-state index >= 15 is 0 Å². The SMILES string of the molecule is CCCCCCCCCCCCCCC(COP(=O)(O)OCC[N+](C)(C)C)CC(C)=O. The van der Waals surface area contributed by atoms with Gasteiger partial charge in [0.05, 0.1) is 27.7 Å². The van der Waals surface area contributed by atoms with Gasteiger partial charge >= 0.3 is 7.82 Å². The van der Waals surface area contributed by atoms with E-state index in [1.807, 2.05) is 21.1 Å². The Hall–Kier alpha value is -0.260. The van der Waals surface area contributed by atoms with Crippen LogP contribution in [-0.2, 0) is 18.4 Å². The van der Waals surface area contributed by atoms with E-state index in [-0.39, 0.29) is 24.9 Å². The molecule has 1 N–H and O–H groups in total. The standard InChI is InChI=1S/C24H50NO5P/c1-6-7-8-9-10-11-12-13-14-15-16-17-18-24(21-23(2)26)22-30-31(27,28)29-20-19-25(3,4)5/h24H,6-22H2,1-5H3/p+1. The van der Waals surface area contributed by atoms with E-state index in [0.29, 0.717) is 17.4 Å². The number of carbonyl (C=O) groups excluding carboxylic acids is 1. The first-order valence-corrected chi connectivity index (χ1v) is 14.0. The van der Waals surface area contributed by atoms with Gasteiger partial charge in [-0.15, -0.1) is 0 Å². The number of likely N-dealkylation sites (N-methyl/N-ethyl adjacent to an activating group) is 1. The van der Waals surface area contributed by atoms with Crippen LogP contribution in [0.25, 0.3) is 0 Å². The Bertz CT molecular complexity index is 493. The fourth-order valence-electron chi connectivity index (χ4n) is 3.59. The second kappa shape index (κ2) is 18.2. The van der Waals surface area contributed by atoms with E-state index in [2.05, 4.69) is 6.92 Å². The highest BCUT2D eigenvalue weighted by molar-refractivity contribution is 7.47. The molecule has 0 fully saturated rings. The van der Waals surface area contributed by atoms with E-state index in [4.69, 9.17) is 9.05 Å². The van der Waals surface area contributed by atoms with Crippen LogP contribution >= 0.6 is 7.82 Å². The van der Waals surface area contributed by atoms with Gasteiger partial charge in [-0.1, -0.05) is 84.0 Å². The van der Waals surface area contributed by atoms with Crippen molar-refractivity contribution in [2.24, 2.45) is 5.92 Å². The minimum Gasteiger partial charge on any atom is -0.329 e. The average molecular weight is 465 g/mol. The highest BCUT2D eigenvalue weighted by Gasteiger charge is 2.25. The molecule has 0 aliphatic rings. The molecule has 0 aliphatic carbocycles. The predicted molar refractivity (Wildman–Crippen MR) is 129 cm³/mol. The van der Waals surface area contributed by atoms with Crippen LogP contribution in [0.1, 0.15) is 104 Å². The van der Waals surface area contributed by atoms with Crippen LogP contribution in [0, 0.1) is 5.92 Å². The molecular formula is C24H51NO5P+. The first kappa shape index (κ1) is 30.7. The highest BCUT2D eigenvalue weighted by atomic mass is 31.2. The number of hydrogen-bond donors (Lipinski definition) is 1. The minimum atomic E-state index is -4.07. The molecule has 0 aromatic rings. The molecule has 0 aromatic carbocycles. The average Bonchev–Trinajstić information content (AvgIpc) is 2.65. The topological polar surface area (TPSA) is 72.8 Å². The maximum Gasteiger partial charge on any atom is 0.472 e. The van der Waals surface area contributed by atoms with Gasteiger partial charge in [-0.25, -0.2) is 4.57 Å². The summed E-state index contributed by atoms with van der Waals surface area (Å²) in [6.45, 7) is 4.68. The summed E-state index contributed by atoms with van der Waals surface area (Å²) in [7, 11) is 1.90. The summed E-state index contributed by atoms with van der Waals surface area (Å²) in [4.78, 5) is 21.4. The van der Waals surface area contributed by atoms with Gasteiger partial charge in [-0.3, -0.25) is 9.05 Å². The maximum atomic E-state index is 12.1. The number of carbonyl (C=O) groups is 1. The third-order valence-electron chi connectivity index (χ3n) is 5.53. The van der Waals surface area contributed by atoms with Crippen molar-refractivity contribution < 1.29 is 27.8 Å². The molecule has 7 heteroatoms. The Morgan fingerprint density at radius 3 is 1.81 bits per heavy atom. The van der Waals surface area contributed by atoms with Gasteiger partial charge in [0.25, 0.3) is 0 Å². The smallest absolute Gasteiger partial charge is 0.329 e. The van der Waals surface area contributed by atoms with Gasteiger partial charge in [-0.2, -0.15) is 0 Å². The first-order chi connectivity index (χ1) is 14.6. The van der Waals surface area contributed by atoms with Gasteiger partial charge in [0, 0.05) is 6.42 Å². The Morgan fingerprint density at radius 1 is 0.871 bits per heavy atom. The monoisotopic (exact) mass is 464 g/mol.